The average Bonchev–Trinajstić information content (AvgIpc) is 2.49. The second-order valence-corrected chi connectivity index (χ2v) is 4.07. The molecule has 1 aromatic heterocycles. The quantitative estimate of drug-likeness (QED) is 0.894. The molecule has 0 fully saturated rings. The van der Waals surface area contributed by atoms with Crippen LogP contribution in [0.3, 0.4) is 0 Å². The molecule has 1 aromatic carbocycles. The number of para-hydroxylation sites is 1. The molecule has 0 saturated carbocycles. The van der Waals surface area contributed by atoms with Crippen LogP contribution in [0.4, 0.5) is 0 Å². The minimum atomic E-state index is -0.0280. The van der Waals surface area contributed by atoms with Crippen molar-refractivity contribution in [1.29, 1.82) is 0 Å². The maximum Gasteiger partial charge on any atom is 0.218 e. The second kappa shape index (κ2) is 6.20. The van der Waals surface area contributed by atoms with Gasteiger partial charge in [-0.25, -0.2) is 4.98 Å². The van der Waals surface area contributed by atoms with Crippen molar-refractivity contribution in [3.63, 3.8) is 0 Å². The summed E-state index contributed by atoms with van der Waals surface area (Å²) < 4.78 is 10.8. The summed E-state index contributed by atoms with van der Waals surface area (Å²) in [4.78, 5) is 4.24. The van der Waals surface area contributed by atoms with Crippen molar-refractivity contribution in [3.8, 4) is 11.6 Å². The van der Waals surface area contributed by atoms with E-state index in [-0.39, 0.29) is 6.04 Å². The van der Waals surface area contributed by atoms with E-state index in [1.54, 1.807) is 20.4 Å². The first-order chi connectivity index (χ1) is 9.31. The third-order valence-corrected chi connectivity index (χ3v) is 3.04. The molecule has 0 radical (unpaired) electrons. The molecule has 1 atom stereocenters. The Labute approximate surface area is 113 Å². The monoisotopic (exact) mass is 258 g/mol. The van der Waals surface area contributed by atoms with E-state index in [1.807, 2.05) is 43.4 Å². The number of hydrogen-bond acceptors (Lipinski definition) is 4. The fourth-order valence-electron chi connectivity index (χ4n) is 2.18. The summed E-state index contributed by atoms with van der Waals surface area (Å²) in [5.41, 5.74) is 2.04. The van der Waals surface area contributed by atoms with Crippen molar-refractivity contribution in [2.24, 2.45) is 0 Å². The lowest BCUT2D eigenvalue weighted by Crippen LogP contribution is -2.19. The number of pyridine rings is 1. The van der Waals surface area contributed by atoms with Crippen molar-refractivity contribution in [2.75, 3.05) is 21.3 Å². The highest BCUT2D eigenvalue weighted by Crippen LogP contribution is 2.33. The van der Waals surface area contributed by atoms with Gasteiger partial charge < -0.3 is 14.8 Å². The van der Waals surface area contributed by atoms with E-state index >= 15 is 0 Å². The van der Waals surface area contributed by atoms with Crippen molar-refractivity contribution < 1.29 is 9.47 Å². The van der Waals surface area contributed by atoms with Gasteiger partial charge in [0.15, 0.2) is 0 Å². The lowest BCUT2D eigenvalue weighted by molar-refractivity contribution is 0.384. The number of ether oxygens (including phenoxy) is 2. The Kier molecular flexibility index (Phi) is 4.36. The fraction of sp³-hybridized carbons (Fsp3) is 0.267. The van der Waals surface area contributed by atoms with E-state index in [9.17, 15) is 0 Å². The van der Waals surface area contributed by atoms with Crippen LogP contribution in [0.1, 0.15) is 17.2 Å². The first-order valence-corrected chi connectivity index (χ1v) is 6.11. The minimum Gasteiger partial charge on any atom is -0.496 e. The maximum absolute atomic E-state index is 5.42. The lowest BCUT2D eigenvalue weighted by Gasteiger charge is -2.21. The van der Waals surface area contributed by atoms with Gasteiger partial charge in [-0.05, 0) is 19.2 Å². The third-order valence-electron chi connectivity index (χ3n) is 3.04. The second-order valence-electron chi connectivity index (χ2n) is 4.07. The van der Waals surface area contributed by atoms with Crippen molar-refractivity contribution >= 4 is 0 Å². The molecule has 0 spiro atoms. The summed E-state index contributed by atoms with van der Waals surface area (Å²) in [6, 6.07) is 11.8. The Balaban J connectivity index is 2.50. The molecule has 0 bridgehead atoms. The molecule has 4 heteroatoms. The molecule has 1 heterocycles. The maximum atomic E-state index is 5.42. The molecule has 2 rings (SSSR count). The zero-order chi connectivity index (χ0) is 13.7. The molecule has 0 aliphatic rings. The number of aromatic nitrogens is 1. The summed E-state index contributed by atoms with van der Waals surface area (Å²) in [5.74, 6) is 1.46. The number of benzene rings is 1. The van der Waals surface area contributed by atoms with Gasteiger partial charge in [-0.2, -0.15) is 0 Å². The van der Waals surface area contributed by atoms with Crippen LogP contribution >= 0.6 is 0 Å². The van der Waals surface area contributed by atoms with E-state index in [0.717, 1.165) is 16.9 Å². The van der Waals surface area contributed by atoms with Gasteiger partial charge in [0.1, 0.15) is 5.75 Å². The predicted octanol–water partition coefficient (Wildman–Crippen LogP) is 2.41. The van der Waals surface area contributed by atoms with Crippen LogP contribution in [0.5, 0.6) is 11.6 Å². The highest BCUT2D eigenvalue weighted by molar-refractivity contribution is 5.44. The first-order valence-electron chi connectivity index (χ1n) is 6.11. The van der Waals surface area contributed by atoms with Gasteiger partial charge in [-0.1, -0.05) is 24.3 Å². The van der Waals surface area contributed by atoms with Crippen LogP contribution in [0.2, 0.25) is 0 Å². The minimum absolute atomic E-state index is 0.0280. The summed E-state index contributed by atoms with van der Waals surface area (Å²) in [6.07, 6.45) is 1.72. The van der Waals surface area contributed by atoms with Crippen LogP contribution in [0, 0.1) is 0 Å². The van der Waals surface area contributed by atoms with E-state index in [1.165, 1.54) is 0 Å². The van der Waals surface area contributed by atoms with Gasteiger partial charge in [0.05, 0.1) is 20.3 Å². The Morgan fingerprint density at radius 3 is 2.42 bits per heavy atom. The predicted molar refractivity (Wildman–Crippen MR) is 74.7 cm³/mol. The average molecular weight is 258 g/mol. The first kappa shape index (κ1) is 13.4. The highest BCUT2D eigenvalue weighted by atomic mass is 16.5. The molecule has 19 heavy (non-hydrogen) atoms. The van der Waals surface area contributed by atoms with Gasteiger partial charge >= 0.3 is 0 Å². The third kappa shape index (κ3) is 2.69. The fourth-order valence-corrected chi connectivity index (χ4v) is 2.18. The highest BCUT2D eigenvalue weighted by Gasteiger charge is 2.20. The van der Waals surface area contributed by atoms with Crippen molar-refractivity contribution in [3.05, 3.63) is 53.7 Å². The van der Waals surface area contributed by atoms with Crippen molar-refractivity contribution in [2.45, 2.75) is 6.04 Å². The molecule has 2 aromatic rings. The molecule has 100 valence electrons. The number of methoxy groups -OCH3 is 2. The van der Waals surface area contributed by atoms with Crippen molar-refractivity contribution in [1.82, 2.24) is 10.3 Å². The van der Waals surface area contributed by atoms with Gasteiger partial charge in [-0.15, -0.1) is 0 Å². The summed E-state index contributed by atoms with van der Waals surface area (Å²) >= 11 is 0. The number of rotatable bonds is 5. The van der Waals surface area contributed by atoms with E-state index in [4.69, 9.17) is 9.47 Å². The van der Waals surface area contributed by atoms with Gasteiger partial charge in [-0.3, -0.25) is 0 Å². The lowest BCUT2D eigenvalue weighted by atomic mass is 9.99. The van der Waals surface area contributed by atoms with E-state index in [2.05, 4.69) is 10.3 Å². The van der Waals surface area contributed by atoms with E-state index in [0.29, 0.717) is 5.88 Å². The van der Waals surface area contributed by atoms with Gasteiger partial charge in [0.25, 0.3) is 0 Å². The smallest absolute Gasteiger partial charge is 0.218 e. The SMILES string of the molecule is CNC(c1ccccc1OC)c1cccnc1OC. The zero-order valence-corrected chi connectivity index (χ0v) is 11.4. The molecule has 0 amide bonds. The van der Waals surface area contributed by atoms with Crippen LogP contribution in [-0.2, 0) is 0 Å². The Morgan fingerprint density at radius 2 is 1.74 bits per heavy atom. The van der Waals surface area contributed by atoms with Crippen LogP contribution in [-0.4, -0.2) is 26.3 Å². The van der Waals surface area contributed by atoms with E-state index < -0.39 is 0 Å². The zero-order valence-electron chi connectivity index (χ0n) is 11.4. The number of hydrogen-bond donors (Lipinski definition) is 1. The van der Waals surface area contributed by atoms with Crippen LogP contribution in [0.25, 0.3) is 0 Å². The van der Waals surface area contributed by atoms with Crippen LogP contribution < -0.4 is 14.8 Å². The Morgan fingerprint density at radius 1 is 1.00 bits per heavy atom. The largest absolute Gasteiger partial charge is 0.496 e. The molecule has 4 nitrogen and oxygen atoms in total. The number of nitrogens with zero attached hydrogens (tertiary/aromatic N) is 1. The summed E-state index contributed by atoms with van der Waals surface area (Å²) in [7, 11) is 5.20. The Bertz CT molecular complexity index is 496. The topological polar surface area (TPSA) is 43.4 Å². The normalized spacial score (nSPS) is 11.9. The standard InChI is InChI=1S/C15H18N2O2/c1-16-14(11-7-4-5-9-13(11)18-2)12-8-6-10-17-15(12)19-3/h4-10,14,16H,1-3H3. The molecule has 0 aliphatic heterocycles. The molecule has 1 unspecified atom stereocenters. The van der Waals surface area contributed by atoms with Gasteiger partial charge in [0, 0.05) is 17.3 Å². The molecule has 0 aliphatic carbocycles. The number of nitrogens with one attached hydrogen (secondary N) is 1. The van der Waals surface area contributed by atoms with Gasteiger partial charge in [0.2, 0.25) is 5.88 Å². The molecule has 1 N–H and O–H groups in total. The summed E-state index contributed by atoms with van der Waals surface area (Å²) in [6.45, 7) is 0. The Hall–Kier alpha value is -2.07. The van der Waals surface area contributed by atoms with Crippen LogP contribution in [0.15, 0.2) is 42.6 Å². The summed E-state index contributed by atoms with van der Waals surface area (Å²) in [5, 5.41) is 3.28. The molecule has 0 saturated heterocycles. The molecular weight excluding hydrogens is 240 g/mol. The molecular formula is C15H18N2O2.